The van der Waals surface area contributed by atoms with Gasteiger partial charge in [0.25, 0.3) is 0 Å². The molecule has 4 rings (SSSR count). The van der Waals surface area contributed by atoms with Crippen LogP contribution in [0.4, 0.5) is 4.39 Å². The molecule has 1 atom stereocenters. The highest BCUT2D eigenvalue weighted by atomic mass is 19.1. The van der Waals surface area contributed by atoms with Crippen LogP contribution in [0.1, 0.15) is 39.8 Å². The first-order valence-electron chi connectivity index (χ1n) is 11.3. The van der Waals surface area contributed by atoms with Crippen molar-refractivity contribution in [3.05, 3.63) is 60.3 Å². The zero-order chi connectivity index (χ0) is 26.2. The summed E-state index contributed by atoms with van der Waals surface area (Å²) in [6.07, 6.45) is 4.03. The van der Waals surface area contributed by atoms with Crippen molar-refractivity contribution < 1.29 is 20.0 Å². The molecule has 3 heterocycles. The van der Waals surface area contributed by atoms with Crippen LogP contribution in [-0.2, 0) is 0 Å². The molecule has 0 unspecified atom stereocenters. The normalized spacial score (nSPS) is 11.5. The van der Waals surface area contributed by atoms with E-state index in [0.717, 1.165) is 0 Å². The summed E-state index contributed by atoms with van der Waals surface area (Å²) in [4.78, 5) is 16.2. The standard InChI is InChI=1S/C16H17N5O3.C9H13FN2.H2/c1-10-19-20-15(11-8-9-17-16(18-11)24-4)21(10)14-12(22-2)6-5-7-13(14)23-3;1-6(2)7(3)9-11-4-8(10)5-12-9;/h5-9H,1-4H3;4-7H,1-3H3;1H/t;7-;/m.0./s1. The Morgan fingerprint density at radius 2 is 1.53 bits per heavy atom. The van der Waals surface area contributed by atoms with Crippen LogP contribution < -0.4 is 14.2 Å². The van der Waals surface area contributed by atoms with Gasteiger partial charge in [0, 0.05) is 13.5 Å². The molecule has 0 saturated carbocycles. The van der Waals surface area contributed by atoms with Crippen LogP contribution in [0, 0.1) is 18.7 Å². The van der Waals surface area contributed by atoms with Crippen molar-refractivity contribution in [2.45, 2.75) is 33.6 Å². The Morgan fingerprint density at radius 1 is 0.889 bits per heavy atom. The number of rotatable bonds is 7. The van der Waals surface area contributed by atoms with E-state index in [2.05, 4.69) is 44.0 Å². The molecule has 0 spiro atoms. The Kier molecular flexibility index (Phi) is 8.82. The number of aromatic nitrogens is 7. The minimum Gasteiger partial charge on any atom is -0.494 e. The average molecular weight is 498 g/mol. The Hall–Kier alpha value is -4.15. The molecule has 0 bridgehead atoms. The molecule has 1 aromatic carbocycles. The van der Waals surface area contributed by atoms with Crippen LogP contribution in [0.2, 0.25) is 0 Å². The van der Waals surface area contributed by atoms with Crippen molar-refractivity contribution in [1.82, 2.24) is 34.7 Å². The summed E-state index contributed by atoms with van der Waals surface area (Å²) < 4.78 is 30.3. The Morgan fingerprint density at radius 3 is 2.08 bits per heavy atom. The minimum absolute atomic E-state index is 0. The third-order valence-corrected chi connectivity index (χ3v) is 5.54. The maximum Gasteiger partial charge on any atom is 0.316 e. The number of halogens is 1. The van der Waals surface area contributed by atoms with Gasteiger partial charge in [-0.1, -0.05) is 26.8 Å². The Bertz CT molecular complexity index is 1260. The smallest absolute Gasteiger partial charge is 0.316 e. The monoisotopic (exact) mass is 497 g/mol. The van der Waals surface area contributed by atoms with Gasteiger partial charge in [-0.15, -0.1) is 10.2 Å². The quantitative estimate of drug-likeness (QED) is 0.359. The fourth-order valence-corrected chi connectivity index (χ4v) is 3.27. The van der Waals surface area contributed by atoms with Crippen LogP contribution in [0.5, 0.6) is 17.5 Å². The number of hydrogen-bond donors (Lipinski definition) is 0. The fourth-order valence-electron chi connectivity index (χ4n) is 3.27. The molecular formula is C25H32FN7O3. The van der Waals surface area contributed by atoms with Crippen LogP contribution in [-0.4, -0.2) is 56.0 Å². The second-order valence-corrected chi connectivity index (χ2v) is 8.14. The van der Waals surface area contributed by atoms with E-state index in [9.17, 15) is 4.39 Å². The Balaban J connectivity index is 0.000000314. The van der Waals surface area contributed by atoms with Gasteiger partial charge in [-0.3, -0.25) is 4.57 Å². The highest BCUT2D eigenvalue weighted by molar-refractivity contribution is 5.63. The molecular weight excluding hydrogens is 465 g/mol. The maximum atomic E-state index is 12.4. The molecule has 0 fully saturated rings. The number of methoxy groups -OCH3 is 3. The van der Waals surface area contributed by atoms with Crippen LogP contribution in [0.25, 0.3) is 17.2 Å². The highest BCUT2D eigenvalue weighted by Gasteiger charge is 2.21. The van der Waals surface area contributed by atoms with Gasteiger partial charge in [-0.05, 0) is 31.0 Å². The van der Waals surface area contributed by atoms with E-state index in [1.165, 1.54) is 19.5 Å². The van der Waals surface area contributed by atoms with Crippen molar-refractivity contribution >= 4 is 0 Å². The molecule has 36 heavy (non-hydrogen) atoms. The van der Waals surface area contributed by atoms with Crippen LogP contribution >= 0.6 is 0 Å². The predicted molar refractivity (Wildman–Crippen MR) is 134 cm³/mol. The number of aryl methyl sites for hydroxylation is 1. The lowest BCUT2D eigenvalue weighted by Crippen LogP contribution is -2.06. The van der Waals surface area contributed by atoms with Gasteiger partial charge < -0.3 is 14.2 Å². The SMILES string of the molecule is CC(C)[C@H](C)c1ncc(F)cn1.COc1nccc(-c2nnc(C)n2-c2c(OC)cccc2OC)n1.[HH]. The third-order valence-electron chi connectivity index (χ3n) is 5.54. The van der Waals surface area contributed by atoms with Gasteiger partial charge in [-0.25, -0.2) is 19.3 Å². The number of benzene rings is 1. The number of ether oxygens (including phenoxy) is 3. The van der Waals surface area contributed by atoms with Gasteiger partial charge >= 0.3 is 6.01 Å². The van der Waals surface area contributed by atoms with Gasteiger partial charge in [-0.2, -0.15) is 4.98 Å². The summed E-state index contributed by atoms with van der Waals surface area (Å²) in [5.74, 6) is 3.59. The lowest BCUT2D eigenvalue weighted by Gasteiger charge is -2.16. The summed E-state index contributed by atoms with van der Waals surface area (Å²) in [6.45, 7) is 8.08. The van der Waals surface area contributed by atoms with E-state index in [1.807, 2.05) is 36.6 Å². The largest absolute Gasteiger partial charge is 0.494 e. The zero-order valence-electron chi connectivity index (χ0n) is 21.4. The molecule has 4 aromatic rings. The maximum absolute atomic E-state index is 12.4. The zero-order valence-corrected chi connectivity index (χ0v) is 21.4. The number of nitrogens with zero attached hydrogens (tertiary/aromatic N) is 7. The van der Waals surface area contributed by atoms with Gasteiger partial charge in [0.1, 0.15) is 34.5 Å². The topological polar surface area (TPSA) is 110 Å². The van der Waals surface area contributed by atoms with Gasteiger partial charge in [0.15, 0.2) is 11.6 Å². The first-order valence-corrected chi connectivity index (χ1v) is 11.3. The highest BCUT2D eigenvalue weighted by Crippen LogP contribution is 2.35. The molecule has 0 aliphatic heterocycles. The minimum atomic E-state index is -0.380. The van der Waals surface area contributed by atoms with E-state index in [4.69, 9.17) is 14.2 Å². The molecule has 192 valence electrons. The van der Waals surface area contributed by atoms with Crippen molar-refractivity contribution in [1.29, 1.82) is 0 Å². The lowest BCUT2D eigenvalue weighted by atomic mass is 9.97. The van der Waals surface area contributed by atoms with Crippen LogP contribution in [0.3, 0.4) is 0 Å². The third kappa shape index (κ3) is 5.91. The van der Waals surface area contributed by atoms with E-state index in [-0.39, 0.29) is 19.2 Å². The molecule has 0 amide bonds. The molecule has 0 N–H and O–H groups in total. The van der Waals surface area contributed by atoms with Crippen LogP contribution in [0.15, 0.2) is 42.9 Å². The second kappa shape index (κ2) is 12.0. The van der Waals surface area contributed by atoms with Gasteiger partial charge in [0.05, 0.1) is 33.7 Å². The van der Waals surface area contributed by atoms with E-state index < -0.39 is 0 Å². The molecule has 0 saturated heterocycles. The Labute approximate surface area is 211 Å². The first-order chi connectivity index (χ1) is 17.3. The summed E-state index contributed by atoms with van der Waals surface area (Å²) in [5, 5.41) is 8.42. The van der Waals surface area contributed by atoms with Crippen molar-refractivity contribution in [3.8, 4) is 34.7 Å². The first kappa shape index (κ1) is 26.5. The predicted octanol–water partition coefficient (Wildman–Crippen LogP) is 4.68. The molecule has 0 aliphatic carbocycles. The summed E-state index contributed by atoms with van der Waals surface area (Å²) in [5.41, 5.74) is 1.29. The summed E-state index contributed by atoms with van der Waals surface area (Å²) in [7, 11) is 4.72. The molecule has 10 nitrogen and oxygen atoms in total. The van der Waals surface area contributed by atoms with Gasteiger partial charge in [0.2, 0.25) is 0 Å². The van der Waals surface area contributed by atoms with E-state index in [1.54, 1.807) is 26.5 Å². The molecule has 0 radical (unpaired) electrons. The van der Waals surface area contributed by atoms with Crippen molar-refractivity contribution in [2.24, 2.45) is 5.92 Å². The van der Waals surface area contributed by atoms with Crippen molar-refractivity contribution in [3.63, 3.8) is 0 Å². The second-order valence-electron chi connectivity index (χ2n) is 8.14. The molecule has 3 aromatic heterocycles. The lowest BCUT2D eigenvalue weighted by molar-refractivity contribution is 0.380. The van der Waals surface area contributed by atoms with E-state index in [0.29, 0.717) is 46.3 Å². The molecule has 11 heteroatoms. The fraction of sp³-hybridized carbons (Fsp3) is 0.360. The number of para-hydroxylation sites is 1. The summed E-state index contributed by atoms with van der Waals surface area (Å²) >= 11 is 0. The number of hydrogen-bond acceptors (Lipinski definition) is 9. The van der Waals surface area contributed by atoms with Crippen molar-refractivity contribution in [2.75, 3.05) is 21.3 Å². The van der Waals surface area contributed by atoms with E-state index >= 15 is 0 Å². The summed E-state index contributed by atoms with van der Waals surface area (Å²) in [6, 6.07) is 7.55. The average Bonchev–Trinajstić information content (AvgIpc) is 3.29. The molecule has 0 aliphatic rings.